The third-order valence-electron chi connectivity index (χ3n) is 6.44. The fraction of sp³-hybridized carbons (Fsp3) is 0.545. The van der Waals surface area contributed by atoms with E-state index in [-0.39, 0.29) is 30.2 Å². The predicted octanol–water partition coefficient (Wildman–Crippen LogP) is 3.80. The average Bonchev–Trinajstić information content (AvgIpc) is 3.29. The average molecular weight is 417 g/mol. The van der Waals surface area contributed by atoms with Crippen molar-refractivity contribution < 1.29 is 14.3 Å². The van der Waals surface area contributed by atoms with E-state index in [0.29, 0.717) is 18.4 Å². The van der Waals surface area contributed by atoms with Crippen molar-refractivity contribution in [2.75, 3.05) is 6.79 Å². The van der Waals surface area contributed by atoms with E-state index in [0.717, 1.165) is 46.9 Å². The lowest BCUT2D eigenvalue weighted by Crippen LogP contribution is -2.48. The summed E-state index contributed by atoms with van der Waals surface area (Å²) >= 11 is 1.14. The highest BCUT2D eigenvalue weighted by Crippen LogP contribution is 2.36. The van der Waals surface area contributed by atoms with E-state index >= 15 is 0 Å². The van der Waals surface area contributed by atoms with Crippen molar-refractivity contribution in [2.45, 2.75) is 59.2 Å². The number of ether oxygens (including phenoxy) is 2. The minimum absolute atomic E-state index is 0.00258. The second-order valence-corrected chi connectivity index (χ2v) is 9.09. The summed E-state index contributed by atoms with van der Waals surface area (Å²) in [5.74, 6) is 2.46. The van der Waals surface area contributed by atoms with Crippen molar-refractivity contribution >= 4 is 17.2 Å². The number of hydrogen-bond donors (Lipinski definition) is 0. The number of aryl methyl sites for hydroxylation is 1. The highest BCUT2D eigenvalue weighted by atomic mass is 32.1. The Hall–Kier alpha value is -2.28. The van der Waals surface area contributed by atoms with E-state index in [1.807, 2.05) is 35.4 Å². The van der Waals surface area contributed by atoms with Crippen LogP contribution in [0.25, 0.3) is 0 Å². The number of rotatable bonds is 5. The van der Waals surface area contributed by atoms with E-state index in [2.05, 4.69) is 13.8 Å². The standard InChI is InChI=1S/C22H28N2O4S/c1-14-5-4-6-18(16(14)3)24(21(25)11-23-15(2)12-29-22(23)26)10-17-7-8-19-20(9-17)28-13-27-19/h7-9,12,14,16,18H,4-6,10-11,13H2,1-3H3/t14-,16+,18-/m1/s1. The molecule has 0 unspecified atom stereocenters. The van der Waals surface area contributed by atoms with Crippen molar-refractivity contribution in [3.8, 4) is 11.5 Å². The molecule has 1 aliphatic heterocycles. The van der Waals surface area contributed by atoms with Crippen LogP contribution in [0.5, 0.6) is 11.5 Å². The molecule has 1 aromatic heterocycles. The molecule has 156 valence electrons. The normalized spacial score (nSPS) is 23.2. The van der Waals surface area contributed by atoms with Gasteiger partial charge in [-0.05, 0) is 42.9 Å². The van der Waals surface area contributed by atoms with Crippen LogP contribution in [0.1, 0.15) is 44.4 Å². The monoisotopic (exact) mass is 416 g/mol. The minimum atomic E-state index is -0.0797. The Balaban J connectivity index is 1.61. The number of carbonyl (C=O) groups is 1. The summed E-state index contributed by atoms with van der Waals surface area (Å²) in [5.41, 5.74) is 1.85. The highest BCUT2D eigenvalue weighted by molar-refractivity contribution is 7.07. The fourth-order valence-electron chi connectivity index (χ4n) is 4.44. The van der Waals surface area contributed by atoms with Gasteiger partial charge in [-0.3, -0.25) is 14.2 Å². The van der Waals surface area contributed by atoms with Gasteiger partial charge in [-0.2, -0.15) is 0 Å². The SMILES string of the molecule is Cc1csc(=O)n1CC(=O)N(Cc1ccc2c(c1)OCO2)[C@@H]1CCC[C@@H](C)[C@@H]1C. The van der Waals surface area contributed by atoms with E-state index in [1.54, 1.807) is 4.57 Å². The molecular formula is C22H28N2O4S. The first-order valence-corrected chi connectivity index (χ1v) is 11.1. The van der Waals surface area contributed by atoms with Crippen LogP contribution in [0.4, 0.5) is 0 Å². The molecule has 6 nitrogen and oxygen atoms in total. The second-order valence-electron chi connectivity index (χ2n) is 8.27. The van der Waals surface area contributed by atoms with Crippen LogP contribution in [0.2, 0.25) is 0 Å². The summed E-state index contributed by atoms with van der Waals surface area (Å²) in [6.07, 6.45) is 3.32. The Bertz CT molecular complexity index is 951. The molecule has 2 heterocycles. The van der Waals surface area contributed by atoms with Gasteiger partial charge in [0.05, 0.1) is 0 Å². The molecule has 0 saturated heterocycles. The third kappa shape index (κ3) is 4.06. The van der Waals surface area contributed by atoms with Crippen LogP contribution in [-0.4, -0.2) is 28.2 Å². The topological polar surface area (TPSA) is 60.8 Å². The van der Waals surface area contributed by atoms with Crippen molar-refractivity contribution in [1.82, 2.24) is 9.47 Å². The lowest BCUT2D eigenvalue weighted by molar-refractivity contribution is -0.137. The smallest absolute Gasteiger partial charge is 0.307 e. The van der Waals surface area contributed by atoms with E-state index < -0.39 is 0 Å². The lowest BCUT2D eigenvalue weighted by Gasteiger charge is -2.42. The van der Waals surface area contributed by atoms with Crippen LogP contribution >= 0.6 is 11.3 Å². The number of aromatic nitrogens is 1. The molecule has 4 rings (SSSR count). The second kappa shape index (κ2) is 8.22. The number of thiazole rings is 1. The molecule has 0 radical (unpaired) electrons. The zero-order chi connectivity index (χ0) is 20.5. The van der Waals surface area contributed by atoms with Gasteiger partial charge < -0.3 is 14.4 Å². The van der Waals surface area contributed by atoms with Gasteiger partial charge in [-0.25, -0.2) is 0 Å². The van der Waals surface area contributed by atoms with Gasteiger partial charge in [0.25, 0.3) is 0 Å². The van der Waals surface area contributed by atoms with Gasteiger partial charge >= 0.3 is 4.87 Å². The van der Waals surface area contributed by atoms with Gasteiger partial charge in [-0.1, -0.05) is 44.1 Å². The number of benzene rings is 1. The quantitative estimate of drug-likeness (QED) is 0.744. The molecule has 1 aliphatic carbocycles. The van der Waals surface area contributed by atoms with Crippen LogP contribution in [0.15, 0.2) is 28.4 Å². The summed E-state index contributed by atoms with van der Waals surface area (Å²) in [6.45, 7) is 7.23. The first kappa shape index (κ1) is 20.0. The van der Waals surface area contributed by atoms with Gasteiger partial charge in [0.2, 0.25) is 12.7 Å². The van der Waals surface area contributed by atoms with Gasteiger partial charge in [-0.15, -0.1) is 0 Å². The van der Waals surface area contributed by atoms with Crippen molar-refractivity contribution in [1.29, 1.82) is 0 Å². The maximum atomic E-state index is 13.4. The molecule has 2 aromatic rings. The third-order valence-corrected chi connectivity index (χ3v) is 7.33. The van der Waals surface area contributed by atoms with E-state index in [9.17, 15) is 9.59 Å². The first-order valence-electron chi connectivity index (χ1n) is 10.3. The molecule has 7 heteroatoms. The Morgan fingerprint density at radius 1 is 1.24 bits per heavy atom. The van der Waals surface area contributed by atoms with Crippen LogP contribution in [0, 0.1) is 18.8 Å². The van der Waals surface area contributed by atoms with E-state index in [4.69, 9.17) is 9.47 Å². The molecule has 1 amide bonds. The largest absolute Gasteiger partial charge is 0.454 e. The molecule has 3 atom stereocenters. The summed E-state index contributed by atoms with van der Waals surface area (Å²) in [7, 11) is 0. The number of hydrogen-bond acceptors (Lipinski definition) is 5. The summed E-state index contributed by atoms with van der Waals surface area (Å²) < 4.78 is 12.5. The van der Waals surface area contributed by atoms with Crippen molar-refractivity contribution in [2.24, 2.45) is 11.8 Å². The molecule has 1 saturated carbocycles. The molecule has 1 fully saturated rings. The number of fused-ring (bicyclic) bond motifs is 1. The number of amides is 1. The zero-order valence-electron chi connectivity index (χ0n) is 17.2. The fourth-order valence-corrected chi connectivity index (χ4v) is 5.18. The molecule has 0 spiro atoms. The molecule has 0 N–H and O–H groups in total. The lowest BCUT2D eigenvalue weighted by atomic mass is 9.77. The number of carbonyl (C=O) groups excluding carboxylic acids is 1. The minimum Gasteiger partial charge on any atom is -0.454 e. The van der Waals surface area contributed by atoms with Crippen LogP contribution in [0.3, 0.4) is 0 Å². The predicted molar refractivity (Wildman–Crippen MR) is 112 cm³/mol. The highest BCUT2D eigenvalue weighted by Gasteiger charge is 2.34. The van der Waals surface area contributed by atoms with E-state index in [1.165, 1.54) is 6.42 Å². The van der Waals surface area contributed by atoms with Gasteiger partial charge in [0, 0.05) is 23.7 Å². The van der Waals surface area contributed by atoms with Gasteiger partial charge in [0.1, 0.15) is 6.54 Å². The summed E-state index contributed by atoms with van der Waals surface area (Å²) in [5, 5.41) is 1.81. The Kier molecular flexibility index (Phi) is 5.67. The Morgan fingerprint density at radius 2 is 2.03 bits per heavy atom. The number of nitrogens with zero attached hydrogens (tertiary/aromatic N) is 2. The van der Waals surface area contributed by atoms with Crippen LogP contribution < -0.4 is 14.3 Å². The molecular weight excluding hydrogens is 388 g/mol. The van der Waals surface area contributed by atoms with Gasteiger partial charge in [0.15, 0.2) is 11.5 Å². The molecule has 1 aromatic carbocycles. The summed E-state index contributed by atoms with van der Waals surface area (Å²) in [4.78, 5) is 27.5. The maximum absolute atomic E-state index is 13.4. The maximum Gasteiger partial charge on any atom is 0.307 e. The Morgan fingerprint density at radius 3 is 2.79 bits per heavy atom. The first-order chi connectivity index (χ1) is 13.9. The van der Waals surface area contributed by atoms with Crippen LogP contribution in [-0.2, 0) is 17.9 Å². The van der Waals surface area contributed by atoms with Crippen molar-refractivity contribution in [3.05, 3.63) is 44.5 Å². The molecule has 0 bridgehead atoms. The molecule has 29 heavy (non-hydrogen) atoms. The zero-order valence-corrected chi connectivity index (χ0v) is 18.0. The Labute approximate surface area is 175 Å². The summed E-state index contributed by atoms with van der Waals surface area (Å²) in [6, 6.07) is 6.03. The van der Waals surface area contributed by atoms with Crippen molar-refractivity contribution in [3.63, 3.8) is 0 Å². The molecule has 2 aliphatic rings.